The Hall–Kier alpha value is -1.19. The summed E-state index contributed by atoms with van der Waals surface area (Å²) >= 11 is 0. The molecule has 0 bridgehead atoms. The maximum Gasteiger partial charge on any atom is 0.0626 e. The Kier molecular flexibility index (Phi) is 2.91. The van der Waals surface area contributed by atoms with Gasteiger partial charge in [0.15, 0.2) is 0 Å². The zero-order valence-electron chi connectivity index (χ0n) is 7.98. The molecule has 2 N–H and O–H groups in total. The quantitative estimate of drug-likeness (QED) is 0.725. The fourth-order valence-corrected chi connectivity index (χ4v) is 1.76. The Morgan fingerprint density at radius 3 is 2.93 bits per heavy atom. The molecule has 1 unspecified atom stereocenters. The zero-order valence-corrected chi connectivity index (χ0v) is 7.98. The maximum atomic E-state index is 9.20. The van der Waals surface area contributed by atoms with Gasteiger partial charge in [0.2, 0.25) is 0 Å². The second kappa shape index (κ2) is 4.35. The summed E-state index contributed by atoms with van der Waals surface area (Å²) < 4.78 is 0. The van der Waals surface area contributed by atoms with E-state index in [-0.39, 0.29) is 12.6 Å². The lowest BCUT2D eigenvalue weighted by Crippen LogP contribution is -2.36. The van der Waals surface area contributed by atoms with E-state index in [0.717, 1.165) is 18.5 Å². The average molecular weight is 190 g/mol. The first-order chi connectivity index (χ1) is 6.92. The lowest BCUT2D eigenvalue weighted by molar-refractivity contribution is 0.266. The summed E-state index contributed by atoms with van der Waals surface area (Å²) in [5.41, 5.74) is 2.33. The van der Waals surface area contributed by atoms with Crippen molar-refractivity contribution < 1.29 is 5.11 Å². The van der Waals surface area contributed by atoms with Gasteiger partial charge in [-0.25, -0.2) is 0 Å². The molecular weight excluding hydrogens is 176 g/mol. The second-order valence-corrected chi connectivity index (χ2v) is 3.37. The van der Waals surface area contributed by atoms with Crippen LogP contribution in [-0.4, -0.2) is 29.3 Å². The molecule has 1 aliphatic heterocycles. The van der Waals surface area contributed by atoms with E-state index in [0.29, 0.717) is 0 Å². The highest BCUT2D eigenvalue weighted by atomic mass is 16.3. The van der Waals surface area contributed by atoms with Crippen molar-refractivity contribution in [2.75, 3.05) is 13.2 Å². The molecule has 2 heterocycles. The van der Waals surface area contributed by atoms with Gasteiger partial charge in [0.25, 0.3) is 0 Å². The number of nitrogens with zero attached hydrogens (tertiary/aromatic N) is 1. The third-order valence-electron chi connectivity index (χ3n) is 2.47. The zero-order chi connectivity index (χ0) is 9.80. The van der Waals surface area contributed by atoms with E-state index in [1.54, 1.807) is 12.4 Å². The van der Waals surface area contributed by atoms with Gasteiger partial charge in [-0.15, -0.1) is 0 Å². The van der Waals surface area contributed by atoms with Crippen molar-refractivity contribution in [3.05, 3.63) is 36.2 Å². The Morgan fingerprint density at radius 1 is 1.43 bits per heavy atom. The number of aliphatic hydroxyl groups is 1. The summed E-state index contributed by atoms with van der Waals surface area (Å²) in [6.45, 7) is 1.09. The topological polar surface area (TPSA) is 45.1 Å². The summed E-state index contributed by atoms with van der Waals surface area (Å²) in [7, 11) is 0. The van der Waals surface area contributed by atoms with Gasteiger partial charge in [0.05, 0.1) is 12.6 Å². The first kappa shape index (κ1) is 9.37. The van der Waals surface area contributed by atoms with Crippen LogP contribution in [0.25, 0.3) is 5.57 Å². The summed E-state index contributed by atoms with van der Waals surface area (Å²) in [6.07, 6.45) is 6.76. The largest absolute Gasteiger partial charge is 0.394 e. The normalized spacial score (nSPS) is 21.8. The van der Waals surface area contributed by atoms with E-state index in [1.807, 2.05) is 12.1 Å². The van der Waals surface area contributed by atoms with E-state index < -0.39 is 0 Å². The highest BCUT2D eigenvalue weighted by Crippen LogP contribution is 2.20. The molecule has 0 amide bonds. The molecule has 2 rings (SSSR count). The van der Waals surface area contributed by atoms with Crippen LogP contribution in [0, 0.1) is 0 Å². The van der Waals surface area contributed by atoms with Crippen LogP contribution >= 0.6 is 0 Å². The van der Waals surface area contributed by atoms with E-state index in [4.69, 9.17) is 0 Å². The summed E-state index contributed by atoms with van der Waals surface area (Å²) in [4.78, 5) is 3.98. The van der Waals surface area contributed by atoms with Crippen molar-refractivity contribution in [2.45, 2.75) is 12.5 Å². The molecular formula is C11H14N2O. The molecule has 1 aromatic heterocycles. The smallest absolute Gasteiger partial charge is 0.0626 e. The molecule has 74 valence electrons. The predicted octanol–water partition coefficient (Wildman–Crippen LogP) is 0.819. The summed E-state index contributed by atoms with van der Waals surface area (Å²) in [5, 5.41) is 12.5. The third-order valence-corrected chi connectivity index (χ3v) is 2.47. The van der Waals surface area contributed by atoms with E-state index in [2.05, 4.69) is 16.4 Å². The fraction of sp³-hybridized carbons (Fsp3) is 0.364. The van der Waals surface area contributed by atoms with Gasteiger partial charge in [-0.2, -0.15) is 0 Å². The molecule has 3 nitrogen and oxygen atoms in total. The first-order valence-corrected chi connectivity index (χ1v) is 4.86. The monoisotopic (exact) mass is 190 g/mol. The molecule has 14 heavy (non-hydrogen) atoms. The van der Waals surface area contributed by atoms with Gasteiger partial charge in [-0.1, -0.05) is 6.08 Å². The van der Waals surface area contributed by atoms with Crippen LogP contribution in [0.4, 0.5) is 0 Å². The van der Waals surface area contributed by atoms with Gasteiger partial charge >= 0.3 is 0 Å². The minimum Gasteiger partial charge on any atom is -0.394 e. The van der Waals surface area contributed by atoms with Crippen LogP contribution in [0.5, 0.6) is 0 Å². The standard InChI is InChI=1S/C11H14N2O/c14-8-11-10(2-1-5-13-11)9-3-6-12-7-4-9/h2-4,6-7,11,13-14H,1,5,8H2. The van der Waals surface area contributed by atoms with Crippen LogP contribution in [0.2, 0.25) is 0 Å². The van der Waals surface area contributed by atoms with Crippen molar-refractivity contribution in [3.8, 4) is 0 Å². The van der Waals surface area contributed by atoms with E-state index in [1.165, 1.54) is 5.57 Å². The second-order valence-electron chi connectivity index (χ2n) is 3.37. The predicted molar refractivity (Wildman–Crippen MR) is 55.7 cm³/mol. The van der Waals surface area contributed by atoms with Crippen molar-refractivity contribution in [3.63, 3.8) is 0 Å². The van der Waals surface area contributed by atoms with Crippen LogP contribution in [0.15, 0.2) is 30.6 Å². The Morgan fingerprint density at radius 2 is 2.21 bits per heavy atom. The molecule has 3 heteroatoms. The highest BCUT2D eigenvalue weighted by Gasteiger charge is 2.16. The Labute approximate surface area is 83.5 Å². The SMILES string of the molecule is OCC1NCCC=C1c1ccncc1. The number of hydrogen-bond acceptors (Lipinski definition) is 3. The van der Waals surface area contributed by atoms with Crippen LogP contribution < -0.4 is 5.32 Å². The number of hydrogen-bond donors (Lipinski definition) is 2. The number of rotatable bonds is 2. The van der Waals surface area contributed by atoms with Gasteiger partial charge < -0.3 is 10.4 Å². The minimum absolute atomic E-state index is 0.0751. The third kappa shape index (κ3) is 1.84. The summed E-state index contributed by atoms with van der Waals surface area (Å²) in [6, 6.07) is 4.02. The molecule has 0 saturated carbocycles. The number of aromatic nitrogens is 1. The number of pyridine rings is 1. The maximum absolute atomic E-state index is 9.20. The van der Waals surface area contributed by atoms with Crippen LogP contribution in [0.3, 0.4) is 0 Å². The number of nitrogens with one attached hydrogen (secondary N) is 1. The Balaban J connectivity index is 2.28. The molecule has 1 aromatic rings. The molecule has 0 aliphatic carbocycles. The van der Waals surface area contributed by atoms with Gasteiger partial charge in [-0.3, -0.25) is 4.98 Å². The molecule has 1 aliphatic rings. The van der Waals surface area contributed by atoms with Gasteiger partial charge in [-0.05, 0) is 36.2 Å². The van der Waals surface area contributed by atoms with E-state index in [9.17, 15) is 5.11 Å². The molecule has 1 atom stereocenters. The van der Waals surface area contributed by atoms with Gasteiger partial charge in [0.1, 0.15) is 0 Å². The molecule has 0 spiro atoms. The van der Waals surface area contributed by atoms with Crippen molar-refractivity contribution >= 4 is 5.57 Å². The molecule has 0 radical (unpaired) electrons. The molecule has 0 saturated heterocycles. The van der Waals surface area contributed by atoms with Crippen molar-refractivity contribution in [1.29, 1.82) is 0 Å². The first-order valence-electron chi connectivity index (χ1n) is 4.86. The van der Waals surface area contributed by atoms with E-state index >= 15 is 0 Å². The number of aliphatic hydroxyl groups excluding tert-OH is 1. The Bertz CT molecular complexity index is 321. The van der Waals surface area contributed by atoms with Crippen LogP contribution in [0.1, 0.15) is 12.0 Å². The van der Waals surface area contributed by atoms with Crippen LogP contribution in [-0.2, 0) is 0 Å². The van der Waals surface area contributed by atoms with Crippen molar-refractivity contribution in [1.82, 2.24) is 10.3 Å². The lowest BCUT2D eigenvalue weighted by atomic mass is 9.96. The average Bonchev–Trinajstić information content (AvgIpc) is 2.30. The summed E-state index contributed by atoms with van der Waals surface area (Å²) in [5.74, 6) is 0. The molecule has 0 fully saturated rings. The minimum atomic E-state index is 0.0751. The molecule has 0 aromatic carbocycles. The highest BCUT2D eigenvalue weighted by molar-refractivity contribution is 5.70. The van der Waals surface area contributed by atoms with Gasteiger partial charge in [0, 0.05) is 12.4 Å². The lowest BCUT2D eigenvalue weighted by Gasteiger charge is -2.24. The van der Waals surface area contributed by atoms with Crippen molar-refractivity contribution in [2.24, 2.45) is 0 Å². The fourth-order valence-electron chi connectivity index (χ4n) is 1.76.